The Labute approximate surface area is 91.7 Å². The molecule has 0 aliphatic rings. The van der Waals surface area contributed by atoms with Crippen LogP contribution in [0.25, 0.3) is 0 Å². The fourth-order valence-electron chi connectivity index (χ4n) is 1.30. The van der Waals surface area contributed by atoms with Gasteiger partial charge in [0.05, 0.1) is 11.4 Å². The molecule has 84 valence electrons. The number of likely N-dealkylation sites (N-methyl/N-ethyl adjacent to an activating group) is 2. The number of rotatable bonds is 6. The van der Waals surface area contributed by atoms with Crippen molar-refractivity contribution in [2.24, 2.45) is 0 Å². The highest BCUT2D eigenvalue weighted by molar-refractivity contribution is 5.00. The van der Waals surface area contributed by atoms with Crippen LogP contribution in [0, 0.1) is 6.92 Å². The fraction of sp³-hybridized carbons (Fsp3) is 0.636. The second-order valence-corrected chi connectivity index (χ2v) is 3.74. The van der Waals surface area contributed by atoms with Crippen LogP contribution in [0.4, 0.5) is 0 Å². The number of nitrogens with zero attached hydrogens (tertiary/aromatic N) is 3. The maximum Gasteiger partial charge on any atom is 0.0726 e. The average molecular weight is 208 g/mol. The van der Waals surface area contributed by atoms with Crippen LogP contribution in [0.15, 0.2) is 12.4 Å². The number of nitrogens with one attached hydrogen (secondary N) is 1. The Morgan fingerprint density at radius 1 is 1.33 bits per heavy atom. The standard InChI is InChI=1S/C11H20N4/c1-4-12-5-6-15(3)9-11-8-13-10(2)7-14-11/h7-8,12H,4-6,9H2,1-3H3. The lowest BCUT2D eigenvalue weighted by atomic mass is 10.4. The molecule has 1 aromatic rings. The van der Waals surface area contributed by atoms with Crippen molar-refractivity contribution < 1.29 is 0 Å². The van der Waals surface area contributed by atoms with Crippen molar-refractivity contribution in [1.82, 2.24) is 20.2 Å². The van der Waals surface area contributed by atoms with Gasteiger partial charge in [0.1, 0.15) is 0 Å². The van der Waals surface area contributed by atoms with Gasteiger partial charge in [0.2, 0.25) is 0 Å². The minimum absolute atomic E-state index is 0.860. The molecular weight excluding hydrogens is 188 g/mol. The zero-order chi connectivity index (χ0) is 11.1. The van der Waals surface area contributed by atoms with Gasteiger partial charge < -0.3 is 5.32 Å². The van der Waals surface area contributed by atoms with Crippen LogP contribution in [0.1, 0.15) is 18.3 Å². The van der Waals surface area contributed by atoms with Crippen molar-refractivity contribution in [3.05, 3.63) is 23.8 Å². The Kier molecular flexibility index (Phi) is 5.21. The minimum atomic E-state index is 0.860. The Balaban J connectivity index is 2.31. The summed E-state index contributed by atoms with van der Waals surface area (Å²) in [4.78, 5) is 10.8. The summed E-state index contributed by atoms with van der Waals surface area (Å²) in [6.45, 7) is 8.00. The predicted molar refractivity (Wildman–Crippen MR) is 61.6 cm³/mol. The van der Waals surface area contributed by atoms with Crippen molar-refractivity contribution >= 4 is 0 Å². The second-order valence-electron chi connectivity index (χ2n) is 3.74. The number of hydrogen-bond donors (Lipinski definition) is 1. The monoisotopic (exact) mass is 208 g/mol. The number of hydrogen-bond acceptors (Lipinski definition) is 4. The van der Waals surface area contributed by atoms with Gasteiger partial charge in [0.15, 0.2) is 0 Å². The van der Waals surface area contributed by atoms with Gasteiger partial charge >= 0.3 is 0 Å². The SMILES string of the molecule is CCNCCN(C)Cc1cnc(C)cn1. The van der Waals surface area contributed by atoms with Gasteiger partial charge in [-0.3, -0.25) is 14.9 Å². The molecule has 0 saturated carbocycles. The van der Waals surface area contributed by atoms with Crippen molar-refractivity contribution in [1.29, 1.82) is 0 Å². The van der Waals surface area contributed by atoms with E-state index in [1.807, 2.05) is 19.3 Å². The molecule has 1 rings (SSSR count). The maximum absolute atomic E-state index is 4.32. The van der Waals surface area contributed by atoms with Crippen molar-refractivity contribution in [3.63, 3.8) is 0 Å². The van der Waals surface area contributed by atoms with Gasteiger partial charge in [-0.1, -0.05) is 6.92 Å². The van der Waals surface area contributed by atoms with E-state index < -0.39 is 0 Å². The van der Waals surface area contributed by atoms with Crippen LogP contribution >= 0.6 is 0 Å². The lowest BCUT2D eigenvalue weighted by Crippen LogP contribution is -2.29. The van der Waals surface area contributed by atoms with Crippen LogP contribution in [-0.4, -0.2) is 41.5 Å². The minimum Gasteiger partial charge on any atom is -0.316 e. The first-order valence-electron chi connectivity index (χ1n) is 5.39. The van der Waals surface area contributed by atoms with Crippen LogP contribution in [0.5, 0.6) is 0 Å². The summed E-state index contributed by atoms with van der Waals surface area (Å²) in [6.07, 6.45) is 3.66. The molecule has 0 spiro atoms. The van der Waals surface area contributed by atoms with Crippen LogP contribution in [-0.2, 0) is 6.54 Å². The van der Waals surface area contributed by atoms with Gasteiger partial charge in [-0.2, -0.15) is 0 Å². The van der Waals surface area contributed by atoms with Gasteiger partial charge in [0, 0.05) is 32.0 Å². The molecule has 0 atom stereocenters. The molecule has 0 aliphatic carbocycles. The van der Waals surface area contributed by atoms with E-state index in [4.69, 9.17) is 0 Å². The first-order valence-corrected chi connectivity index (χ1v) is 5.39. The fourth-order valence-corrected chi connectivity index (χ4v) is 1.30. The van der Waals surface area contributed by atoms with E-state index in [1.54, 1.807) is 0 Å². The zero-order valence-electron chi connectivity index (χ0n) is 9.82. The molecule has 1 N–H and O–H groups in total. The highest BCUT2D eigenvalue weighted by Gasteiger charge is 2.00. The summed E-state index contributed by atoms with van der Waals surface area (Å²) in [5, 5.41) is 3.30. The van der Waals surface area contributed by atoms with E-state index in [2.05, 4.69) is 34.2 Å². The van der Waals surface area contributed by atoms with Crippen LogP contribution in [0.3, 0.4) is 0 Å². The Bertz CT molecular complexity index is 270. The van der Waals surface area contributed by atoms with Gasteiger partial charge in [-0.05, 0) is 20.5 Å². The first-order chi connectivity index (χ1) is 7.22. The molecule has 0 fully saturated rings. The largest absolute Gasteiger partial charge is 0.316 e. The van der Waals surface area contributed by atoms with E-state index in [1.165, 1.54) is 0 Å². The van der Waals surface area contributed by atoms with Crippen molar-refractivity contribution in [2.75, 3.05) is 26.7 Å². The molecule has 0 saturated heterocycles. The molecule has 0 unspecified atom stereocenters. The predicted octanol–water partition coefficient (Wildman–Crippen LogP) is 0.826. The normalized spacial score (nSPS) is 10.9. The van der Waals surface area contributed by atoms with Gasteiger partial charge in [-0.25, -0.2) is 0 Å². The molecule has 1 aromatic heterocycles. The van der Waals surface area contributed by atoms with Crippen molar-refractivity contribution in [3.8, 4) is 0 Å². The quantitative estimate of drug-likeness (QED) is 0.703. The summed E-state index contributed by atoms with van der Waals surface area (Å²) in [5.41, 5.74) is 1.99. The second kappa shape index (κ2) is 6.48. The highest BCUT2D eigenvalue weighted by Crippen LogP contribution is 1.97. The molecule has 15 heavy (non-hydrogen) atoms. The third-order valence-electron chi connectivity index (χ3n) is 2.19. The lowest BCUT2D eigenvalue weighted by molar-refractivity contribution is 0.321. The lowest BCUT2D eigenvalue weighted by Gasteiger charge is -2.15. The van der Waals surface area contributed by atoms with Crippen molar-refractivity contribution in [2.45, 2.75) is 20.4 Å². The molecule has 0 radical (unpaired) electrons. The molecule has 0 aromatic carbocycles. The third-order valence-corrected chi connectivity index (χ3v) is 2.19. The Hall–Kier alpha value is -1.00. The van der Waals surface area contributed by atoms with Crippen LogP contribution in [0.2, 0.25) is 0 Å². The van der Waals surface area contributed by atoms with Gasteiger partial charge in [0.25, 0.3) is 0 Å². The number of aromatic nitrogens is 2. The van der Waals surface area contributed by atoms with E-state index >= 15 is 0 Å². The van der Waals surface area contributed by atoms with Crippen LogP contribution < -0.4 is 5.32 Å². The summed E-state index contributed by atoms with van der Waals surface area (Å²) < 4.78 is 0. The van der Waals surface area contributed by atoms with E-state index in [0.29, 0.717) is 0 Å². The Morgan fingerprint density at radius 3 is 2.73 bits per heavy atom. The topological polar surface area (TPSA) is 41.0 Å². The third kappa shape index (κ3) is 4.85. The Morgan fingerprint density at radius 2 is 2.13 bits per heavy atom. The molecule has 4 heteroatoms. The van der Waals surface area contributed by atoms with Gasteiger partial charge in [-0.15, -0.1) is 0 Å². The molecule has 4 nitrogen and oxygen atoms in total. The maximum atomic E-state index is 4.32. The summed E-state index contributed by atoms with van der Waals surface area (Å²) in [5.74, 6) is 0. The smallest absolute Gasteiger partial charge is 0.0726 e. The molecule has 1 heterocycles. The molecule has 0 aliphatic heterocycles. The summed E-state index contributed by atoms with van der Waals surface area (Å²) >= 11 is 0. The first kappa shape index (κ1) is 12.1. The molecule has 0 amide bonds. The molecule has 0 bridgehead atoms. The zero-order valence-corrected chi connectivity index (χ0v) is 9.82. The van der Waals surface area contributed by atoms with E-state index in [0.717, 1.165) is 37.6 Å². The van der Waals surface area contributed by atoms with E-state index in [-0.39, 0.29) is 0 Å². The average Bonchev–Trinajstić information content (AvgIpc) is 2.22. The highest BCUT2D eigenvalue weighted by atomic mass is 15.1. The number of aryl methyl sites for hydroxylation is 1. The molecular formula is C11H20N4. The van der Waals surface area contributed by atoms with E-state index in [9.17, 15) is 0 Å². The summed E-state index contributed by atoms with van der Waals surface area (Å²) in [6, 6.07) is 0. The summed E-state index contributed by atoms with van der Waals surface area (Å²) in [7, 11) is 2.10.